The minimum absolute atomic E-state index is 0. The summed E-state index contributed by atoms with van der Waals surface area (Å²) < 4.78 is 0. The van der Waals surface area contributed by atoms with E-state index < -0.39 is 0 Å². The summed E-state index contributed by atoms with van der Waals surface area (Å²) in [5, 5.41) is 0. The summed E-state index contributed by atoms with van der Waals surface area (Å²) in [7, 11) is 3.71. The van der Waals surface area contributed by atoms with Crippen LogP contribution in [0.1, 0.15) is 20.3 Å². The zero-order valence-electron chi connectivity index (χ0n) is 9.14. The zero-order chi connectivity index (χ0) is 8.53. The van der Waals surface area contributed by atoms with E-state index in [2.05, 4.69) is 33.0 Å². The quantitative estimate of drug-likeness (QED) is 0.449. The number of rotatable bonds is 2. The van der Waals surface area contributed by atoms with Gasteiger partial charge >= 0.3 is 26.2 Å². The molecule has 0 atom stereocenters. The Labute approximate surface area is 132 Å². The van der Waals surface area contributed by atoms with Crippen molar-refractivity contribution in [2.24, 2.45) is 0 Å². The van der Waals surface area contributed by atoms with E-state index in [1.54, 1.807) is 0 Å². The predicted octanol–water partition coefficient (Wildman–Crippen LogP) is -6.57. The van der Waals surface area contributed by atoms with Gasteiger partial charge in [-0.1, -0.05) is 13.8 Å². The molecule has 89 valence electrons. The molecule has 1 radical (unpaired) electrons. The van der Waals surface area contributed by atoms with E-state index in [0.717, 1.165) is 19.5 Å². The molecule has 0 bridgehead atoms. The Balaban J connectivity index is -0.0000000352. The molecule has 0 aliphatic heterocycles. The molecule has 0 saturated heterocycles. The fourth-order valence-corrected chi connectivity index (χ4v) is 0.564. The second-order valence-electron chi connectivity index (χ2n) is 2.31. The van der Waals surface area contributed by atoms with Gasteiger partial charge in [-0.3, -0.25) is 13.1 Å². The van der Waals surface area contributed by atoms with Gasteiger partial charge in [0, 0.05) is 0 Å². The summed E-state index contributed by atoms with van der Waals surface area (Å²) in [5.41, 5.74) is 0. The molecule has 0 aromatic rings. The van der Waals surface area contributed by atoms with Gasteiger partial charge in [0.25, 0.3) is 0 Å². The van der Waals surface area contributed by atoms with Crippen molar-refractivity contribution in [1.29, 1.82) is 0 Å². The molecular formula is C10H17Cl3NZr-2. The van der Waals surface area contributed by atoms with E-state index in [4.69, 9.17) is 0 Å². The van der Waals surface area contributed by atoms with Crippen molar-refractivity contribution in [2.75, 3.05) is 13.1 Å². The molecule has 0 fully saturated rings. The van der Waals surface area contributed by atoms with Crippen molar-refractivity contribution in [3.63, 3.8) is 0 Å². The van der Waals surface area contributed by atoms with E-state index in [9.17, 15) is 0 Å². The van der Waals surface area contributed by atoms with Gasteiger partial charge < -0.3 is 42.1 Å². The topological polar surface area (TPSA) is 3.24 Å². The molecule has 1 aliphatic carbocycles. The average Bonchev–Trinajstić information content (AvgIpc) is 2.60. The molecule has 0 aromatic heterocycles. The minimum atomic E-state index is 0. The van der Waals surface area contributed by atoms with Crippen LogP contribution < -0.4 is 37.2 Å². The molecule has 0 saturated carbocycles. The standard InChI is InChI=1S/C5H12N.C5H5.3ClH.Zr/c1-4-6(3)5-2;1-2-4-5-3-1;;;;/h3-5H2,1-2H3;1-3H,4H2;3*1H;/q2*-1;;;;+3/p-3. The smallest absolute Gasteiger partial charge is 1.00 e. The predicted molar refractivity (Wildman–Crippen MR) is 49.8 cm³/mol. The van der Waals surface area contributed by atoms with Gasteiger partial charge in [-0.05, 0) is 13.1 Å². The third-order valence-electron chi connectivity index (χ3n) is 1.48. The van der Waals surface area contributed by atoms with Gasteiger partial charge in [0.05, 0.1) is 0 Å². The molecule has 0 unspecified atom stereocenters. The molecule has 5 heteroatoms. The first-order valence-electron chi connectivity index (χ1n) is 4.08. The van der Waals surface area contributed by atoms with Crippen LogP contribution >= 0.6 is 0 Å². The minimum Gasteiger partial charge on any atom is -1.00 e. The zero-order valence-corrected chi connectivity index (χ0v) is 13.9. The van der Waals surface area contributed by atoms with Crippen LogP contribution in [-0.4, -0.2) is 18.0 Å². The molecule has 0 spiro atoms. The van der Waals surface area contributed by atoms with Gasteiger partial charge in [-0.15, -0.1) is 6.42 Å². The largest absolute Gasteiger partial charge is 3.00 e. The number of hydrogen-bond donors (Lipinski definition) is 0. The summed E-state index contributed by atoms with van der Waals surface area (Å²) in [6.07, 6.45) is 10.0. The summed E-state index contributed by atoms with van der Waals surface area (Å²) in [6.45, 7) is 6.29. The average molecular weight is 349 g/mol. The second-order valence-corrected chi connectivity index (χ2v) is 2.31. The van der Waals surface area contributed by atoms with Crippen molar-refractivity contribution in [1.82, 2.24) is 4.90 Å². The first-order chi connectivity index (χ1) is 5.31. The number of hydrogen-bond acceptors (Lipinski definition) is 1. The maximum Gasteiger partial charge on any atom is 3.00 e. The Morgan fingerprint density at radius 2 is 1.67 bits per heavy atom. The Kier molecular flexibility index (Phi) is 48.6. The summed E-state index contributed by atoms with van der Waals surface area (Å²) >= 11 is 0. The van der Waals surface area contributed by atoms with Crippen LogP contribution in [0.3, 0.4) is 0 Å². The molecule has 0 amide bonds. The first-order valence-corrected chi connectivity index (χ1v) is 4.08. The SMILES string of the molecule is [C-]1=CC=CC1.[CH2-]N(CC)CC.[Cl-].[Cl-].[Cl-].[Zr+3]. The number of nitrogens with zero attached hydrogens (tertiary/aromatic N) is 1. The summed E-state index contributed by atoms with van der Waals surface area (Å²) in [4.78, 5) is 2.00. The van der Waals surface area contributed by atoms with Crippen LogP contribution in [0.15, 0.2) is 18.2 Å². The van der Waals surface area contributed by atoms with Crippen LogP contribution in [0.25, 0.3) is 0 Å². The fourth-order valence-electron chi connectivity index (χ4n) is 0.564. The molecule has 1 nitrogen and oxygen atoms in total. The van der Waals surface area contributed by atoms with Crippen molar-refractivity contribution >= 4 is 0 Å². The van der Waals surface area contributed by atoms with E-state index in [0.29, 0.717) is 0 Å². The van der Waals surface area contributed by atoms with Crippen LogP contribution in [0, 0.1) is 13.1 Å². The van der Waals surface area contributed by atoms with Crippen molar-refractivity contribution in [2.45, 2.75) is 20.3 Å². The van der Waals surface area contributed by atoms with Crippen LogP contribution in [0.4, 0.5) is 0 Å². The van der Waals surface area contributed by atoms with Crippen molar-refractivity contribution in [3.05, 3.63) is 31.4 Å². The normalized spacial score (nSPS) is 9.87. The monoisotopic (exact) mass is 346 g/mol. The summed E-state index contributed by atoms with van der Waals surface area (Å²) in [6, 6.07) is 0. The van der Waals surface area contributed by atoms with Crippen LogP contribution in [-0.2, 0) is 26.2 Å². The van der Waals surface area contributed by atoms with E-state index in [1.807, 2.05) is 17.1 Å². The molecule has 0 heterocycles. The maximum atomic E-state index is 3.71. The Morgan fingerprint density at radius 1 is 1.20 bits per heavy atom. The van der Waals surface area contributed by atoms with Gasteiger partial charge in [0.2, 0.25) is 0 Å². The van der Waals surface area contributed by atoms with Gasteiger partial charge in [0.1, 0.15) is 0 Å². The third-order valence-corrected chi connectivity index (χ3v) is 1.48. The Morgan fingerprint density at radius 3 is 1.73 bits per heavy atom. The van der Waals surface area contributed by atoms with Gasteiger partial charge in [0.15, 0.2) is 0 Å². The molecule has 1 aliphatic rings. The van der Waals surface area contributed by atoms with E-state index >= 15 is 0 Å². The van der Waals surface area contributed by atoms with Crippen LogP contribution in [0.2, 0.25) is 0 Å². The van der Waals surface area contributed by atoms with Crippen molar-refractivity contribution < 1.29 is 63.4 Å². The molecular weight excluding hydrogens is 332 g/mol. The van der Waals surface area contributed by atoms with E-state index in [1.165, 1.54) is 0 Å². The molecule has 1 rings (SSSR count). The van der Waals surface area contributed by atoms with E-state index in [-0.39, 0.29) is 63.4 Å². The summed E-state index contributed by atoms with van der Waals surface area (Å²) in [5.74, 6) is 0. The van der Waals surface area contributed by atoms with Crippen LogP contribution in [0.5, 0.6) is 0 Å². The first kappa shape index (κ1) is 29.8. The number of allylic oxidation sites excluding steroid dienone is 4. The number of halogens is 3. The van der Waals surface area contributed by atoms with Crippen molar-refractivity contribution in [3.8, 4) is 0 Å². The maximum absolute atomic E-state index is 3.71. The van der Waals surface area contributed by atoms with Gasteiger partial charge in [-0.2, -0.15) is 6.08 Å². The Hall–Kier alpha value is 1.19. The van der Waals surface area contributed by atoms with Gasteiger partial charge in [-0.25, -0.2) is 12.2 Å². The Bertz CT molecular complexity index is 127. The molecule has 15 heavy (non-hydrogen) atoms. The molecule has 0 aromatic carbocycles. The molecule has 0 N–H and O–H groups in total. The second kappa shape index (κ2) is 24.4. The fraction of sp³-hybridized carbons (Fsp3) is 0.500. The third kappa shape index (κ3) is 25.5.